The summed E-state index contributed by atoms with van der Waals surface area (Å²) in [6.45, 7) is 10.3. The lowest BCUT2D eigenvalue weighted by Gasteiger charge is -2.33. The molecule has 7 nitrogen and oxygen atoms in total. The van der Waals surface area contributed by atoms with Gasteiger partial charge in [0.05, 0.1) is 17.6 Å². The molecule has 0 bridgehead atoms. The topological polar surface area (TPSA) is 84.3 Å². The van der Waals surface area contributed by atoms with Crippen LogP contribution in [0, 0.1) is 12.8 Å². The van der Waals surface area contributed by atoms with Crippen LogP contribution < -0.4 is 5.73 Å². The first-order valence-electron chi connectivity index (χ1n) is 11.0. The Balaban J connectivity index is 1.19. The van der Waals surface area contributed by atoms with Gasteiger partial charge in [-0.1, -0.05) is 12.1 Å². The summed E-state index contributed by atoms with van der Waals surface area (Å²) in [6.07, 6.45) is 4.35. The van der Waals surface area contributed by atoms with Gasteiger partial charge in [0.1, 0.15) is 16.5 Å². The minimum atomic E-state index is 0.675. The average Bonchev–Trinajstić information content (AvgIpc) is 3.29. The number of piperazine rings is 1. The molecule has 3 aromatic heterocycles. The third kappa shape index (κ3) is 4.08. The van der Waals surface area contributed by atoms with E-state index in [2.05, 4.69) is 26.9 Å². The lowest BCUT2D eigenvalue weighted by atomic mass is 9.89. The molecule has 1 fully saturated rings. The normalized spacial score (nSPS) is 20.7. The molecular weight excluding hydrogens is 396 g/mol. The van der Waals surface area contributed by atoms with Crippen LogP contribution >= 0.6 is 11.3 Å². The number of nitrogens with two attached hydrogens (primary N) is 1. The fourth-order valence-corrected chi connectivity index (χ4v) is 6.08. The number of fused-ring (bicyclic) bond motifs is 3. The lowest BCUT2D eigenvalue weighted by molar-refractivity contribution is 0.119. The molecule has 5 rings (SSSR count). The molecule has 30 heavy (non-hydrogen) atoms. The van der Waals surface area contributed by atoms with Gasteiger partial charge in [0.2, 0.25) is 0 Å². The highest BCUT2D eigenvalue weighted by Gasteiger charge is 2.24. The van der Waals surface area contributed by atoms with E-state index in [-0.39, 0.29) is 0 Å². The Labute approximate surface area is 181 Å². The monoisotopic (exact) mass is 426 g/mol. The summed E-state index contributed by atoms with van der Waals surface area (Å²) in [4.78, 5) is 17.0. The minimum Gasteiger partial charge on any atom is -0.383 e. The SMILES string of the molecule is Cc1cc(CN2CCN(CCc3nc(N)c4c5c(sc4n3)CC(C)CC5)CC2)on1. The van der Waals surface area contributed by atoms with Crippen molar-refractivity contribution in [2.45, 2.75) is 46.1 Å². The molecule has 4 heterocycles. The molecular formula is C22H30N6OS. The van der Waals surface area contributed by atoms with Gasteiger partial charge in [0.15, 0.2) is 5.76 Å². The number of aromatic nitrogens is 3. The van der Waals surface area contributed by atoms with Crippen molar-refractivity contribution in [3.63, 3.8) is 0 Å². The van der Waals surface area contributed by atoms with Crippen molar-refractivity contribution >= 4 is 27.4 Å². The fourth-order valence-electron chi connectivity index (χ4n) is 4.67. The molecule has 2 aliphatic rings. The number of hydrogen-bond donors (Lipinski definition) is 1. The number of nitrogen functional groups attached to an aromatic ring is 1. The summed E-state index contributed by atoms with van der Waals surface area (Å²) >= 11 is 1.83. The maximum atomic E-state index is 6.38. The first kappa shape index (κ1) is 19.9. The Bertz CT molecular complexity index is 1040. The highest BCUT2D eigenvalue weighted by Crippen LogP contribution is 2.39. The molecule has 160 valence electrons. The minimum absolute atomic E-state index is 0.675. The van der Waals surface area contributed by atoms with Crippen molar-refractivity contribution in [1.29, 1.82) is 0 Å². The zero-order valence-electron chi connectivity index (χ0n) is 17.9. The summed E-state index contributed by atoms with van der Waals surface area (Å²) in [5.41, 5.74) is 8.74. The summed E-state index contributed by atoms with van der Waals surface area (Å²) in [7, 11) is 0. The number of nitrogens with zero attached hydrogens (tertiary/aromatic N) is 5. The molecule has 1 atom stereocenters. The van der Waals surface area contributed by atoms with Gasteiger partial charge in [-0.15, -0.1) is 11.3 Å². The van der Waals surface area contributed by atoms with Gasteiger partial charge < -0.3 is 15.2 Å². The summed E-state index contributed by atoms with van der Waals surface area (Å²) < 4.78 is 5.35. The molecule has 1 aliphatic carbocycles. The number of aryl methyl sites for hydroxylation is 2. The van der Waals surface area contributed by atoms with E-state index < -0.39 is 0 Å². The first-order valence-corrected chi connectivity index (χ1v) is 11.8. The van der Waals surface area contributed by atoms with E-state index in [9.17, 15) is 0 Å². The second-order valence-corrected chi connectivity index (χ2v) is 9.94. The van der Waals surface area contributed by atoms with Crippen LogP contribution in [0.3, 0.4) is 0 Å². The van der Waals surface area contributed by atoms with Crippen molar-refractivity contribution in [3.05, 3.63) is 33.8 Å². The largest absolute Gasteiger partial charge is 0.383 e. The quantitative estimate of drug-likeness (QED) is 0.671. The molecule has 2 N–H and O–H groups in total. The third-order valence-electron chi connectivity index (χ3n) is 6.40. The predicted octanol–water partition coefficient (Wildman–Crippen LogP) is 3.06. The zero-order chi connectivity index (χ0) is 20.7. The molecule has 1 unspecified atom stereocenters. The van der Waals surface area contributed by atoms with Gasteiger partial charge in [-0.25, -0.2) is 9.97 Å². The van der Waals surface area contributed by atoms with Crippen molar-refractivity contribution in [1.82, 2.24) is 24.9 Å². The fraction of sp³-hybridized carbons (Fsp3) is 0.591. The summed E-state index contributed by atoms with van der Waals surface area (Å²) in [5.74, 6) is 3.26. The van der Waals surface area contributed by atoms with Gasteiger partial charge >= 0.3 is 0 Å². The van der Waals surface area contributed by atoms with Crippen LogP contribution in [0.15, 0.2) is 10.6 Å². The zero-order valence-corrected chi connectivity index (χ0v) is 18.7. The van der Waals surface area contributed by atoms with Gasteiger partial charge in [0.25, 0.3) is 0 Å². The van der Waals surface area contributed by atoms with Gasteiger partial charge in [-0.3, -0.25) is 4.90 Å². The average molecular weight is 427 g/mol. The van der Waals surface area contributed by atoms with E-state index in [1.54, 1.807) is 0 Å². The molecule has 0 aromatic carbocycles. The molecule has 0 radical (unpaired) electrons. The summed E-state index contributed by atoms with van der Waals surface area (Å²) in [6, 6.07) is 2.02. The van der Waals surface area contributed by atoms with E-state index >= 15 is 0 Å². The highest BCUT2D eigenvalue weighted by atomic mass is 32.1. The van der Waals surface area contributed by atoms with E-state index in [4.69, 9.17) is 15.2 Å². The Morgan fingerprint density at radius 3 is 2.77 bits per heavy atom. The number of rotatable bonds is 5. The van der Waals surface area contributed by atoms with Gasteiger partial charge in [-0.2, -0.15) is 0 Å². The van der Waals surface area contributed by atoms with Crippen LogP contribution in [0.4, 0.5) is 5.82 Å². The Hall–Kier alpha value is -2.03. The molecule has 1 aliphatic heterocycles. The van der Waals surface area contributed by atoms with E-state index in [0.29, 0.717) is 5.82 Å². The number of hydrogen-bond acceptors (Lipinski definition) is 8. The predicted molar refractivity (Wildman–Crippen MR) is 120 cm³/mol. The Kier molecular flexibility index (Phi) is 5.47. The van der Waals surface area contributed by atoms with Crippen LogP contribution in [0.5, 0.6) is 0 Å². The highest BCUT2D eigenvalue weighted by molar-refractivity contribution is 7.19. The van der Waals surface area contributed by atoms with Gasteiger partial charge in [-0.05, 0) is 37.7 Å². The summed E-state index contributed by atoms with van der Waals surface area (Å²) in [5, 5.41) is 5.10. The van der Waals surface area contributed by atoms with Crippen LogP contribution in [-0.2, 0) is 25.8 Å². The van der Waals surface area contributed by atoms with Crippen LogP contribution in [0.1, 0.15) is 41.1 Å². The van der Waals surface area contributed by atoms with Crippen molar-refractivity contribution in [2.24, 2.45) is 5.92 Å². The van der Waals surface area contributed by atoms with E-state index in [1.165, 1.54) is 16.9 Å². The van der Waals surface area contributed by atoms with Crippen LogP contribution in [-0.4, -0.2) is 57.6 Å². The molecule has 1 saturated heterocycles. The van der Waals surface area contributed by atoms with E-state index in [0.717, 1.165) is 91.9 Å². The van der Waals surface area contributed by atoms with Crippen molar-refractivity contribution in [3.8, 4) is 0 Å². The van der Waals surface area contributed by atoms with Crippen LogP contribution in [0.2, 0.25) is 0 Å². The molecule has 0 saturated carbocycles. The molecule has 8 heteroatoms. The third-order valence-corrected chi connectivity index (χ3v) is 7.55. The standard InChI is InChI=1S/C22H30N6OS/c1-14-3-4-17-18(11-14)30-22-20(17)21(23)24-19(25-22)5-6-27-7-9-28(10-8-27)13-16-12-15(2)26-29-16/h12,14H,3-11,13H2,1-2H3,(H2,23,24,25). The Morgan fingerprint density at radius 2 is 2.00 bits per heavy atom. The van der Waals surface area contributed by atoms with Crippen molar-refractivity contribution < 1.29 is 4.52 Å². The van der Waals surface area contributed by atoms with E-state index in [1.807, 2.05) is 24.3 Å². The Morgan fingerprint density at radius 1 is 1.20 bits per heavy atom. The smallest absolute Gasteiger partial charge is 0.150 e. The molecule has 0 amide bonds. The maximum absolute atomic E-state index is 6.38. The second-order valence-electron chi connectivity index (χ2n) is 8.86. The molecule has 3 aromatic rings. The van der Waals surface area contributed by atoms with Crippen molar-refractivity contribution in [2.75, 3.05) is 38.5 Å². The lowest BCUT2D eigenvalue weighted by Crippen LogP contribution is -2.46. The second kappa shape index (κ2) is 8.24. The number of thiophene rings is 1. The van der Waals surface area contributed by atoms with Gasteiger partial charge in [0, 0.05) is 50.1 Å². The van der Waals surface area contributed by atoms with Crippen LogP contribution in [0.25, 0.3) is 10.2 Å². The first-order chi connectivity index (χ1) is 14.5. The number of anilines is 1. The molecule has 0 spiro atoms. The maximum Gasteiger partial charge on any atom is 0.150 e.